The third-order valence-corrected chi connectivity index (χ3v) is 3.17. The summed E-state index contributed by atoms with van der Waals surface area (Å²) >= 11 is 0. The Kier molecular flexibility index (Phi) is 3.93. The van der Waals surface area contributed by atoms with Crippen LogP contribution in [-0.4, -0.2) is 15.0 Å². The molecule has 0 saturated heterocycles. The van der Waals surface area contributed by atoms with Gasteiger partial charge in [0.1, 0.15) is 10.6 Å². The first kappa shape index (κ1) is 13.0. The van der Waals surface area contributed by atoms with E-state index in [1.54, 1.807) is 19.1 Å². The summed E-state index contributed by atoms with van der Waals surface area (Å²) in [6.45, 7) is 6.18. The molecule has 5 heteroatoms. The fourth-order valence-electron chi connectivity index (χ4n) is 1.38. The molecule has 0 amide bonds. The van der Waals surface area contributed by atoms with E-state index in [4.69, 9.17) is 9.88 Å². The Labute approximate surface area is 96.5 Å². The second-order valence-corrected chi connectivity index (χ2v) is 5.37. The van der Waals surface area contributed by atoms with Gasteiger partial charge in [0.05, 0.1) is 6.61 Å². The number of primary sulfonamides is 1. The van der Waals surface area contributed by atoms with E-state index in [-0.39, 0.29) is 10.8 Å². The molecule has 0 aliphatic heterocycles. The van der Waals surface area contributed by atoms with Crippen molar-refractivity contribution in [2.45, 2.75) is 31.6 Å². The molecule has 0 atom stereocenters. The van der Waals surface area contributed by atoms with E-state index in [0.717, 1.165) is 5.56 Å². The minimum atomic E-state index is -3.74. The highest BCUT2D eigenvalue weighted by molar-refractivity contribution is 7.89. The molecule has 0 spiro atoms. The largest absolute Gasteiger partial charge is 0.492 e. The third kappa shape index (κ3) is 2.96. The van der Waals surface area contributed by atoms with Gasteiger partial charge in [0.15, 0.2) is 0 Å². The van der Waals surface area contributed by atoms with Gasteiger partial charge in [-0.1, -0.05) is 19.9 Å². The molecular formula is C11H17NO3S. The van der Waals surface area contributed by atoms with Crippen molar-refractivity contribution in [1.82, 2.24) is 0 Å². The van der Waals surface area contributed by atoms with Crippen LogP contribution in [-0.2, 0) is 10.0 Å². The van der Waals surface area contributed by atoms with Gasteiger partial charge >= 0.3 is 0 Å². The number of benzene rings is 1. The molecule has 0 saturated carbocycles. The fourth-order valence-corrected chi connectivity index (χ4v) is 2.09. The molecule has 16 heavy (non-hydrogen) atoms. The molecule has 1 rings (SSSR count). The quantitative estimate of drug-likeness (QED) is 0.877. The highest BCUT2D eigenvalue weighted by Gasteiger charge is 2.16. The van der Waals surface area contributed by atoms with Crippen LogP contribution in [0.1, 0.15) is 32.3 Å². The number of ether oxygens (including phenoxy) is 1. The average molecular weight is 243 g/mol. The molecule has 0 aromatic heterocycles. The lowest BCUT2D eigenvalue weighted by molar-refractivity contribution is 0.331. The molecule has 4 nitrogen and oxygen atoms in total. The van der Waals surface area contributed by atoms with Crippen molar-refractivity contribution in [3.63, 3.8) is 0 Å². The van der Waals surface area contributed by atoms with Gasteiger partial charge < -0.3 is 4.74 Å². The van der Waals surface area contributed by atoms with Crippen molar-refractivity contribution in [3.8, 4) is 5.75 Å². The van der Waals surface area contributed by atoms with Crippen LogP contribution >= 0.6 is 0 Å². The summed E-state index contributed by atoms with van der Waals surface area (Å²) < 4.78 is 28.0. The Morgan fingerprint density at radius 2 is 2.00 bits per heavy atom. The normalized spacial score (nSPS) is 11.8. The van der Waals surface area contributed by atoms with Crippen LogP contribution < -0.4 is 9.88 Å². The van der Waals surface area contributed by atoms with Gasteiger partial charge in [-0.15, -0.1) is 0 Å². The molecule has 0 heterocycles. The molecule has 0 unspecified atom stereocenters. The van der Waals surface area contributed by atoms with Crippen LogP contribution in [0.2, 0.25) is 0 Å². The monoisotopic (exact) mass is 243 g/mol. The lowest BCUT2D eigenvalue weighted by Gasteiger charge is -2.12. The molecule has 1 aromatic rings. The zero-order chi connectivity index (χ0) is 12.3. The van der Waals surface area contributed by atoms with Gasteiger partial charge in [-0.2, -0.15) is 0 Å². The first-order valence-corrected chi connectivity index (χ1v) is 6.70. The summed E-state index contributed by atoms with van der Waals surface area (Å²) in [7, 11) is -3.74. The van der Waals surface area contributed by atoms with E-state index in [1.165, 1.54) is 0 Å². The molecule has 90 valence electrons. The van der Waals surface area contributed by atoms with Gasteiger partial charge in [-0.05, 0) is 30.5 Å². The summed E-state index contributed by atoms with van der Waals surface area (Å²) in [4.78, 5) is 0.0561. The zero-order valence-corrected chi connectivity index (χ0v) is 10.5. The van der Waals surface area contributed by atoms with Crippen molar-refractivity contribution >= 4 is 10.0 Å². The van der Waals surface area contributed by atoms with Crippen molar-refractivity contribution in [2.24, 2.45) is 5.14 Å². The third-order valence-electron chi connectivity index (χ3n) is 2.24. The van der Waals surface area contributed by atoms with Crippen LogP contribution in [0.3, 0.4) is 0 Å². The molecular weight excluding hydrogens is 226 g/mol. The summed E-state index contributed by atoms with van der Waals surface area (Å²) in [5.74, 6) is 0.561. The van der Waals surface area contributed by atoms with Crippen LogP contribution in [0, 0.1) is 0 Å². The Hall–Kier alpha value is -1.07. The maximum Gasteiger partial charge on any atom is 0.241 e. The predicted molar refractivity (Wildman–Crippen MR) is 63.1 cm³/mol. The molecule has 0 bridgehead atoms. The van der Waals surface area contributed by atoms with Crippen molar-refractivity contribution in [1.29, 1.82) is 0 Å². The van der Waals surface area contributed by atoms with Gasteiger partial charge in [0, 0.05) is 0 Å². The van der Waals surface area contributed by atoms with Gasteiger partial charge in [0.2, 0.25) is 10.0 Å². The Balaban J connectivity index is 3.33. The number of hydrogen-bond acceptors (Lipinski definition) is 3. The minimum absolute atomic E-state index is 0.0561. The van der Waals surface area contributed by atoms with Crippen LogP contribution in [0.25, 0.3) is 0 Å². The van der Waals surface area contributed by atoms with Crippen molar-refractivity contribution in [2.75, 3.05) is 6.61 Å². The summed E-state index contributed by atoms with van der Waals surface area (Å²) in [6, 6.07) is 5.08. The summed E-state index contributed by atoms with van der Waals surface area (Å²) in [5.41, 5.74) is 0.924. The molecule has 0 aliphatic rings. The number of hydrogen-bond donors (Lipinski definition) is 1. The van der Waals surface area contributed by atoms with Crippen LogP contribution in [0.4, 0.5) is 0 Å². The van der Waals surface area contributed by atoms with E-state index in [9.17, 15) is 8.42 Å². The van der Waals surface area contributed by atoms with Crippen LogP contribution in [0.5, 0.6) is 5.75 Å². The Morgan fingerprint density at radius 1 is 1.38 bits per heavy atom. The van der Waals surface area contributed by atoms with Crippen molar-refractivity contribution in [3.05, 3.63) is 23.8 Å². The topological polar surface area (TPSA) is 69.4 Å². The van der Waals surface area contributed by atoms with Crippen LogP contribution in [0.15, 0.2) is 23.1 Å². The Morgan fingerprint density at radius 3 is 2.44 bits per heavy atom. The summed E-state index contributed by atoms with van der Waals surface area (Å²) in [5, 5.41) is 5.15. The molecule has 1 aromatic carbocycles. The first-order valence-electron chi connectivity index (χ1n) is 5.15. The number of nitrogens with two attached hydrogens (primary N) is 1. The minimum Gasteiger partial charge on any atom is -0.492 e. The van der Waals surface area contributed by atoms with E-state index >= 15 is 0 Å². The van der Waals surface area contributed by atoms with Gasteiger partial charge in [-0.3, -0.25) is 0 Å². The average Bonchev–Trinajstić information content (AvgIpc) is 2.16. The molecule has 0 radical (unpaired) electrons. The van der Waals surface area contributed by atoms with Crippen molar-refractivity contribution < 1.29 is 13.2 Å². The van der Waals surface area contributed by atoms with E-state index < -0.39 is 10.0 Å². The molecule has 0 aliphatic carbocycles. The lowest BCUT2D eigenvalue weighted by atomic mass is 10.0. The zero-order valence-electron chi connectivity index (χ0n) is 9.73. The standard InChI is InChI=1S/C11H17NO3S/c1-4-15-10-6-5-9(8(2)3)7-11(10)16(12,13)14/h5-8H,4H2,1-3H3,(H2,12,13,14). The molecule has 2 N–H and O–H groups in total. The second-order valence-electron chi connectivity index (χ2n) is 3.84. The fraction of sp³-hybridized carbons (Fsp3) is 0.455. The maximum atomic E-state index is 11.4. The van der Waals surface area contributed by atoms with Gasteiger partial charge in [0.25, 0.3) is 0 Å². The SMILES string of the molecule is CCOc1ccc(C(C)C)cc1S(N)(=O)=O. The highest BCUT2D eigenvalue weighted by Crippen LogP contribution is 2.27. The maximum absolute atomic E-state index is 11.4. The number of sulfonamides is 1. The van der Waals surface area contributed by atoms with Gasteiger partial charge in [-0.25, -0.2) is 13.6 Å². The smallest absolute Gasteiger partial charge is 0.241 e. The number of rotatable bonds is 4. The second kappa shape index (κ2) is 4.84. The highest BCUT2D eigenvalue weighted by atomic mass is 32.2. The van der Waals surface area contributed by atoms with E-state index in [2.05, 4.69) is 0 Å². The predicted octanol–water partition coefficient (Wildman–Crippen LogP) is 1.86. The molecule has 0 fully saturated rings. The van der Waals surface area contributed by atoms with E-state index in [1.807, 2.05) is 19.9 Å². The summed E-state index contributed by atoms with van der Waals surface area (Å²) in [6.07, 6.45) is 0. The first-order chi connectivity index (χ1) is 7.36. The van der Waals surface area contributed by atoms with E-state index in [0.29, 0.717) is 12.4 Å². The Bertz CT molecular complexity index is 466. The lowest BCUT2D eigenvalue weighted by Crippen LogP contribution is -2.14.